The molecule has 0 spiro atoms. The molecule has 5 rings (SSSR count). The Labute approximate surface area is 218 Å². The van der Waals surface area contributed by atoms with Crippen molar-refractivity contribution in [2.75, 3.05) is 6.61 Å². The van der Waals surface area contributed by atoms with Gasteiger partial charge in [0.1, 0.15) is 11.5 Å². The van der Waals surface area contributed by atoms with Crippen LogP contribution in [0.3, 0.4) is 0 Å². The average Bonchev–Trinajstić information content (AvgIpc) is 2.93. The van der Waals surface area contributed by atoms with Crippen LogP contribution >= 0.6 is 11.6 Å². The zero-order valence-electron chi connectivity index (χ0n) is 19.6. The van der Waals surface area contributed by atoms with E-state index in [-0.39, 0.29) is 6.61 Å². The van der Waals surface area contributed by atoms with Crippen LogP contribution in [0.5, 0.6) is 11.5 Å². The minimum atomic E-state index is -0.533. The summed E-state index contributed by atoms with van der Waals surface area (Å²) in [5.41, 5.74) is 3.40. The number of halogens is 1. The number of fused-ring (bicyclic) bond motifs is 2. The lowest BCUT2D eigenvalue weighted by Crippen LogP contribution is -2.24. The highest BCUT2D eigenvalue weighted by Gasteiger charge is 2.14. The second kappa shape index (κ2) is 10.9. The standard InChI is InChI=1S/C30H21ClN2O4/c31-23-15-12-22(13-16-23)30(35)37-28-17-14-21-7-1-3-9-24(21)26(28)18-32-33-29(34)19-36-27-11-5-8-20-6-2-4-10-25(20)27/h1-18H,19H2,(H,33,34)/b32-18+. The second-order valence-corrected chi connectivity index (χ2v) is 8.59. The summed E-state index contributed by atoms with van der Waals surface area (Å²) in [5.74, 6) is -0.0374. The molecule has 0 aliphatic rings. The number of hydrazone groups is 1. The van der Waals surface area contributed by atoms with Crippen molar-refractivity contribution in [2.45, 2.75) is 0 Å². The van der Waals surface area contributed by atoms with Crippen molar-refractivity contribution in [1.82, 2.24) is 5.43 Å². The van der Waals surface area contributed by atoms with Gasteiger partial charge in [0.15, 0.2) is 6.61 Å². The SMILES string of the molecule is O=C(COc1cccc2ccccc12)N/N=C/c1c(OC(=O)c2ccc(Cl)cc2)ccc2ccccc12. The number of nitrogens with one attached hydrogen (secondary N) is 1. The number of rotatable bonds is 7. The number of benzene rings is 5. The normalized spacial score (nSPS) is 11.1. The van der Waals surface area contributed by atoms with Gasteiger partial charge in [-0.15, -0.1) is 0 Å². The van der Waals surface area contributed by atoms with E-state index in [1.165, 1.54) is 6.21 Å². The first-order chi connectivity index (χ1) is 18.1. The number of ether oxygens (including phenoxy) is 2. The molecule has 0 heterocycles. The number of esters is 1. The van der Waals surface area contributed by atoms with Crippen LogP contribution in [0.2, 0.25) is 5.02 Å². The van der Waals surface area contributed by atoms with Crippen molar-refractivity contribution < 1.29 is 19.1 Å². The first kappa shape index (κ1) is 24.0. The molecule has 0 aliphatic carbocycles. The minimum Gasteiger partial charge on any atom is -0.483 e. The molecule has 0 saturated carbocycles. The lowest BCUT2D eigenvalue weighted by atomic mass is 10.0. The number of amides is 1. The van der Waals surface area contributed by atoms with Crippen molar-refractivity contribution >= 4 is 51.2 Å². The predicted molar refractivity (Wildman–Crippen MR) is 146 cm³/mol. The zero-order chi connectivity index (χ0) is 25.6. The Morgan fingerprint density at radius 1 is 0.757 bits per heavy atom. The lowest BCUT2D eigenvalue weighted by molar-refractivity contribution is -0.123. The fraction of sp³-hybridized carbons (Fsp3) is 0.0333. The highest BCUT2D eigenvalue weighted by molar-refractivity contribution is 6.30. The molecule has 182 valence electrons. The summed E-state index contributed by atoms with van der Waals surface area (Å²) in [6.45, 7) is -0.209. The molecule has 0 fully saturated rings. The summed E-state index contributed by atoms with van der Waals surface area (Å²) < 4.78 is 11.4. The summed E-state index contributed by atoms with van der Waals surface area (Å²) in [6, 6.07) is 31.1. The smallest absolute Gasteiger partial charge is 0.343 e. The van der Waals surface area contributed by atoms with Gasteiger partial charge in [-0.25, -0.2) is 10.2 Å². The third kappa shape index (κ3) is 5.60. The molecule has 5 aromatic carbocycles. The molecule has 0 bridgehead atoms. The van der Waals surface area contributed by atoms with Gasteiger partial charge in [-0.3, -0.25) is 4.79 Å². The summed E-state index contributed by atoms with van der Waals surface area (Å²) >= 11 is 5.92. The van der Waals surface area contributed by atoms with E-state index in [4.69, 9.17) is 21.1 Å². The molecule has 0 radical (unpaired) electrons. The maximum Gasteiger partial charge on any atom is 0.343 e. The quantitative estimate of drug-likeness (QED) is 0.119. The Bertz CT molecular complexity index is 1630. The predicted octanol–water partition coefficient (Wildman–Crippen LogP) is 6.39. The van der Waals surface area contributed by atoms with Crippen LogP contribution in [0.1, 0.15) is 15.9 Å². The number of carbonyl (C=O) groups is 2. The number of carbonyl (C=O) groups excluding carboxylic acids is 2. The maximum atomic E-state index is 12.7. The van der Waals surface area contributed by atoms with Gasteiger partial charge in [0.25, 0.3) is 5.91 Å². The molecule has 0 atom stereocenters. The topological polar surface area (TPSA) is 77.0 Å². The highest BCUT2D eigenvalue weighted by Crippen LogP contribution is 2.28. The average molecular weight is 509 g/mol. The van der Waals surface area contributed by atoms with Crippen molar-refractivity contribution in [2.24, 2.45) is 5.10 Å². The van der Waals surface area contributed by atoms with Crippen LogP contribution in [-0.4, -0.2) is 24.7 Å². The number of nitrogens with zero attached hydrogens (tertiary/aromatic N) is 1. The molecule has 0 saturated heterocycles. The number of hydrogen-bond acceptors (Lipinski definition) is 5. The molecular weight excluding hydrogens is 488 g/mol. The van der Waals surface area contributed by atoms with E-state index < -0.39 is 11.9 Å². The van der Waals surface area contributed by atoms with Crippen LogP contribution in [0.4, 0.5) is 0 Å². The molecule has 1 amide bonds. The van der Waals surface area contributed by atoms with E-state index in [2.05, 4.69) is 10.5 Å². The highest BCUT2D eigenvalue weighted by atomic mass is 35.5. The third-order valence-electron chi connectivity index (χ3n) is 5.70. The number of hydrogen-bond donors (Lipinski definition) is 1. The Morgan fingerprint density at radius 2 is 1.43 bits per heavy atom. The molecule has 0 unspecified atom stereocenters. The molecule has 5 aromatic rings. The van der Waals surface area contributed by atoms with Gasteiger partial charge in [0, 0.05) is 16.0 Å². The van der Waals surface area contributed by atoms with Crippen molar-refractivity contribution in [3.63, 3.8) is 0 Å². The van der Waals surface area contributed by atoms with E-state index in [0.717, 1.165) is 21.5 Å². The molecule has 6 nitrogen and oxygen atoms in total. The summed E-state index contributed by atoms with van der Waals surface area (Å²) in [7, 11) is 0. The monoisotopic (exact) mass is 508 g/mol. The van der Waals surface area contributed by atoms with Crippen LogP contribution in [0, 0.1) is 0 Å². The summed E-state index contributed by atoms with van der Waals surface area (Å²) in [4.78, 5) is 25.1. The minimum absolute atomic E-state index is 0.209. The van der Waals surface area contributed by atoms with Crippen LogP contribution in [0.15, 0.2) is 108 Å². The largest absolute Gasteiger partial charge is 0.483 e. The van der Waals surface area contributed by atoms with Crippen molar-refractivity contribution in [3.05, 3.63) is 119 Å². The third-order valence-corrected chi connectivity index (χ3v) is 5.96. The van der Waals surface area contributed by atoms with Gasteiger partial charge in [0.2, 0.25) is 0 Å². The molecule has 0 aliphatic heterocycles. The van der Waals surface area contributed by atoms with Crippen LogP contribution in [0.25, 0.3) is 21.5 Å². The van der Waals surface area contributed by atoms with Crippen molar-refractivity contribution in [1.29, 1.82) is 0 Å². The summed E-state index contributed by atoms with van der Waals surface area (Å²) in [5, 5.41) is 8.32. The second-order valence-electron chi connectivity index (χ2n) is 8.15. The zero-order valence-corrected chi connectivity index (χ0v) is 20.3. The summed E-state index contributed by atoms with van der Waals surface area (Å²) in [6.07, 6.45) is 1.46. The Balaban J connectivity index is 1.32. The van der Waals surface area contributed by atoms with Crippen LogP contribution < -0.4 is 14.9 Å². The van der Waals surface area contributed by atoms with Gasteiger partial charge < -0.3 is 9.47 Å². The molecule has 7 heteroatoms. The van der Waals surface area contributed by atoms with Crippen LogP contribution in [-0.2, 0) is 4.79 Å². The fourth-order valence-corrected chi connectivity index (χ4v) is 4.03. The Hall–Kier alpha value is -4.68. The first-order valence-electron chi connectivity index (χ1n) is 11.5. The van der Waals surface area contributed by atoms with Crippen molar-refractivity contribution in [3.8, 4) is 11.5 Å². The van der Waals surface area contributed by atoms with E-state index in [9.17, 15) is 9.59 Å². The Morgan fingerprint density at radius 3 is 2.22 bits per heavy atom. The lowest BCUT2D eigenvalue weighted by Gasteiger charge is -2.11. The molecular formula is C30H21ClN2O4. The van der Waals surface area contributed by atoms with E-state index in [1.807, 2.05) is 72.8 Å². The van der Waals surface area contributed by atoms with E-state index in [1.54, 1.807) is 30.3 Å². The van der Waals surface area contributed by atoms with Gasteiger partial charge in [-0.1, -0.05) is 78.3 Å². The fourth-order valence-electron chi connectivity index (χ4n) is 3.91. The molecule has 0 aromatic heterocycles. The van der Waals surface area contributed by atoms with Gasteiger partial charge in [-0.05, 0) is 52.6 Å². The van der Waals surface area contributed by atoms with E-state index >= 15 is 0 Å². The van der Waals surface area contributed by atoms with Gasteiger partial charge >= 0.3 is 5.97 Å². The van der Waals surface area contributed by atoms with E-state index in [0.29, 0.717) is 27.6 Å². The molecule has 1 N–H and O–H groups in total. The maximum absolute atomic E-state index is 12.7. The Kier molecular flexibility index (Phi) is 7.10. The van der Waals surface area contributed by atoms with Gasteiger partial charge in [0.05, 0.1) is 11.8 Å². The first-order valence-corrected chi connectivity index (χ1v) is 11.9. The molecule has 37 heavy (non-hydrogen) atoms. The van der Waals surface area contributed by atoms with Gasteiger partial charge in [-0.2, -0.15) is 5.10 Å².